The molecule has 2 aromatic rings. The van der Waals surface area contributed by atoms with Gasteiger partial charge in [0.1, 0.15) is 0 Å². The molecule has 2 amide bonds. The van der Waals surface area contributed by atoms with Crippen LogP contribution in [0.2, 0.25) is 0 Å². The molecule has 0 aliphatic heterocycles. The van der Waals surface area contributed by atoms with Gasteiger partial charge in [0.05, 0.1) is 6.42 Å². The molecule has 2 aromatic carbocycles. The Morgan fingerprint density at radius 1 is 1.00 bits per heavy atom. The van der Waals surface area contributed by atoms with Gasteiger partial charge in [-0.25, -0.2) is 0 Å². The molecule has 0 saturated carbocycles. The van der Waals surface area contributed by atoms with Gasteiger partial charge in [-0.1, -0.05) is 30.3 Å². The fraction of sp³-hybridized carbons (Fsp3) is 0.176. The Morgan fingerprint density at radius 2 is 1.62 bits per heavy atom. The summed E-state index contributed by atoms with van der Waals surface area (Å²) in [6, 6.07) is 16.8. The molecule has 0 aliphatic carbocycles. The molecule has 0 aliphatic rings. The summed E-state index contributed by atoms with van der Waals surface area (Å²) >= 11 is 0. The van der Waals surface area contributed by atoms with Crippen molar-refractivity contribution < 1.29 is 9.59 Å². The second kappa shape index (κ2) is 6.70. The van der Waals surface area contributed by atoms with E-state index in [1.165, 1.54) is 6.92 Å². The number of hydrogen-bond donors (Lipinski definition) is 1. The molecule has 0 bridgehead atoms. The highest BCUT2D eigenvalue weighted by molar-refractivity contribution is 5.94. The number of para-hydroxylation sites is 1. The van der Waals surface area contributed by atoms with Gasteiger partial charge in [0.2, 0.25) is 11.8 Å². The van der Waals surface area contributed by atoms with E-state index in [9.17, 15) is 9.59 Å². The Balaban J connectivity index is 2.01. The summed E-state index contributed by atoms with van der Waals surface area (Å²) in [5.41, 5.74) is 2.52. The Hall–Kier alpha value is -2.62. The Kier molecular flexibility index (Phi) is 4.72. The normalized spacial score (nSPS) is 10.0. The summed E-state index contributed by atoms with van der Waals surface area (Å²) in [5, 5.41) is 2.70. The highest BCUT2D eigenvalue weighted by Crippen LogP contribution is 2.14. The van der Waals surface area contributed by atoms with Crippen molar-refractivity contribution in [2.24, 2.45) is 0 Å². The zero-order chi connectivity index (χ0) is 15.2. The molecule has 0 saturated heterocycles. The van der Waals surface area contributed by atoms with Crippen molar-refractivity contribution in [3.8, 4) is 0 Å². The predicted molar refractivity (Wildman–Crippen MR) is 84.3 cm³/mol. The molecule has 0 fully saturated rings. The van der Waals surface area contributed by atoms with E-state index in [-0.39, 0.29) is 11.8 Å². The van der Waals surface area contributed by atoms with Crippen LogP contribution in [0, 0.1) is 0 Å². The molecule has 0 spiro atoms. The van der Waals surface area contributed by atoms with Crippen molar-refractivity contribution >= 4 is 23.2 Å². The molecule has 0 aromatic heterocycles. The van der Waals surface area contributed by atoms with E-state index in [1.54, 1.807) is 24.1 Å². The van der Waals surface area contributed by atoms with Crippen molar-refractivity contribution in [3.05, 3.63) is 60.2 Å². The number of carbonyl (C=O) groups is 2. The topological polar surface area (TPSA) is 49.4 Å². The number of anilines is 2. The summed E-state index contributed by atoms with van der Waals surface area (Å²) in [6.45, 7) is 1.46. The number of likely N-dealkylation sites (N-methyl/N-ethyl adjacent to an activating group) is 1. The molecule has 0 atom stereocenters. The first-order chi connectivity index (χ1) is 10.1. The van der Waals surface area contributed by atoms with Gasteiger partial charge in [0.25, 0.3) is 0 Å². The summed E-state index contributed by atoms with van der Waals surface area (Å²) in [5.74, 6) is -0.0869. The summed E-state index contributed by atoms with van der Waals surface area (Å²) in [7, 11) is 1.77. The number of benzene rings is 2. The maximum atomic E-state index is 12.2. The van der Waals surface area contributed by atoms with E-state index in [0.717, 1.165) is 16.9 Å². The molecule has 2 rings (SSSR count). The quantitative estimate of drug-likeness (QED) is 0.937. The van der Waals surface area contributed by atoms with Gasteiger partial charge in [-0.15, -0.1) is 0 Å². The lowest BCUT2D eigenvalue weighted by Gasteiger charge is -2.17. The predicted octanol–water partition coefficient (Wildman–Crippen LogP) is 2.85. The minimum absolute atomic E-state index is 0.0217. The highest BCUT2D eigenvalue weighted by atomic mass is 16.2. The monoisotopic (exact) mass is 282 g/mol. The average molecular weight is 282 g/mol. The maximum absolute atomic E-state index is 12.2. The van der Waals surface area contributed by atoms with Gasteiger partial charge in [0, 0.05) is 25.3 Å². The second-order valence-corrected chi connectivity index (χ2v) is 4.84. The number of rotatable bonds is 4. The fourth-order valence-corrected chi connectivity index (χ4v) is 2.00. The van der Waals surface area contributed by atoms with Crippen LogP contribution in [0.1, 0.15) is 12.5 Å². The summed E-state index contributed by atoms with van der Waals surface area (Å²) in [4.78, 5) is 24.8. The van der Waals surface area contributed by atoms with E-state index >= 15 is 0 Å². The third-order valence-electron chi connectivity index (χ3n) is 3.15. The largest absolute Gasteiger partial charge is 0.326 e. The van der Waals surface area contributed by atoms with Crippen LogP contribution in [0.4, 0.5) is 11.4 Å². The van der Waals surface area contributed by atoms with E-state index in [0.29, 0.717) is 6.42 Å². The van der Waals surface area contributed by atoms with Crippen molar-refractivity contribution in [1.29, 1.82) is 0 Å². The number of nitrogens with one attached hydrogen (secondary N) is 1. The van der Waals surface area contributed by atoms with Crippen LogP contribution in [0.25, 0.3) is 0 Å². The van der Waals surface area contributed by atoms with Crippen molar-refractivity contribution in [2.75, 3.05) is 17.3 Å². The third-order valence-corrected chi connectivity index (χ3v) is 3.15. The number of hydrogen-bond acceptors (Lipinski definition) is 2. The molecule has 4 nitrogen and oxygen atoms in total. The maximum Gasteiger partial charge on any atom is 0.231 e. The first kappa shape index (κ1) is 14.8. The van der Waals surface area contributed by atoms with Gasteiger partial charge in [-0.2, -0.15) is 0 Å². The Bertz CT molecular complexity index is 621. The average Bonchev–Trinajstić information content (AvgIpc) is 2.49. The van der Waals surface area contributed by atoms with Gasteiger partial charge in [0.15, 0.2) is 0 Å². The Morgan fingerprint density at radius 3 is 2.19 bits per heavy atom. The van der Waals surface area contributed by atoms with Gasteiger partial charge >= 0.3 is 0 Å². The van der Waals surface area contributed by atoms with Gasteiger partial charge in [-0.05, 0) is 29.8 Å². The van der Waals surface area contributed by atoms with E-state index in [1.807, 2.05) is 42.5 Å². The van der Waals surface area contributed by atoms with E-state index in [2.05, 4.69) is 5.32 Å². The first-order valence-corrected chi connectivity index (χ1v) is 6.74. The number of carbonyl (C=O) groups excluding carboxylic acids is 2. The molecule has 0 heterocycles. The van der Waals surface area contributed by atoms with E-state index < -0.39 is 0 Å². The zero-order valence-corrected chi connectivity index (χ0v) is 12.2. The molecular weight excluding hydrogens is 264 g/mol. The van der Waals surface area contributed by atoms with Crippen LogP contribution in [-0.2, 0) is 16.0 Å². The van der Waals surface area contributed by atoms with Gasteiger partial charge in [-0.3, -0.25) is 9.59 Å². The second-order valence-electron chi connectivity index (χ2n) is 4.84. The lowest BCUT2D eigenvalue weighted by molar-refractivity contribution is -0.117. The molecule has 0 radical (unpaired) electrons. The van der Waals surface area contributed by atoms with Crippen LogP contribution in [0.5, 0.6) is 0 Å². The van der Waals surface area contributed by atoms with Crippen LogP contribution >= 0.6 is 0 Å². The van der Waals surface area contributed by atoms with Crippen LogP contribution < -0.4 is 10.2 Å². The standard InChI is InChI=1S/C17H18N2O2/c1-13(20)18-15-10-8-14(9-11-15)12-17(21)19(2)16-6-4-3-5-7-16/h3-11H,12H2,1-2H3,(H,18,20). The van der Waals surface area contributed by atoms with Gasteiger partial charge < -0.3 is 10.2 Å². The molecule has 0 unspecified atom stereocenters. The van der Waals surface area contributed by atoms with Crippen molar-refractivity contribution in [1.82, 2.24) is 0 Å². The molecular formula is C17H18N2O2. The van der Waals surface area contributed by atoms with Crippen LogP contribution in [-0.4, -0.2) is 18.9 Å². The number of nitrogens with zero attached hydrogens (tertiary/aromatic N) is 1. The fourth-order valence-electron chi connectivity index (χ4n) is 2.00. The minimum Gasteiger partial charge on any atom is -0.326 e. The van der Waals surface area contributed by atoms with Crippen molar-refractivity contribution in [2.45, 2.75) is 13.3 Å². The zero-order valence-electron chi connectivity index (χ0n) is 12.2. The third kappa shape index (κ3) is 4.18. The molecule has 4 heteroatoms. The lowest BCUT2D eigenvalue weighted by Crippen LogP contribution is -2.27. The van der Waals surface area contributed by atoms with Crippen LogP contribution in [0.15, 0.2) is 54.6 Å². The van der Waals surface area contributed by atoms with E-state index in [4.69, 9.17) is 0 Å². The summed E-state index contributed by atoms with van der Waals surface area (Å²) < 4.78 is 0. The molecule has 21 heavy (non-hydrogen) atoms. The lowest BCUT2D eigenvalue weighted by atomic mass is 10.1. The highest BCUT2D eigenvalue weighted by Gasteiger charge is 2.11. The minimum atomic E-state index is -0.109. The smallest absolute Gasteiger partial charge is 0.231 e. The number of amides is 2. The first-order valence-electron chi connectivity index (χ1n) is 6.74. The Labute approximate surface area is 124 Å². The SMILES string of the molecule is CC(=O)Nc1ccc(CC(=O)N(C)c2ccccc2)cc1. The summed E-state index contributed by atoms with van der Waals surface area (Å²) in [6.07, 6.45) is 0.325. The van der Waals surface area contributed by atoms with Crippen LogP contribution in [0.3, 0.4) is 0 Å². The molecule has 1 N–H and O–H groups in total. The molecule has 108 valence electrons. The van der Waals surface area contributed by atoms with Crippen molar-refractivity contribution in [3.63, 3.8) is 0 Å².